The molecule has 10 heteroatoms. The van der Waals surface area contributed by atoms with Crippen LogP contribution in [0.15, 0.2) is 115 Å². The number of carbonyl (C=O) groups is 3. The topological polar surface area (TPSA) is 125 Å². The monoisotopic (exact) mass is 714 g/mol. The number of nitrogens with one attached hydrogen (secondary N) is 1. The minimum atomic E-state index is -3.78. The smallest absolute Gasteiger partial charge is 0.328 e. The maximum Gasteiger partial charge on any atom is 0.328 e. The second-order valence-corrected chi connectivity index (χ2v) is 17.0. The van der Waals surface area contributed by atoms with E-state index in [4.69, 9.17) is 15.0 Å². The van der Waals surface area contributed by atoms with Crippen molar-refractivity contribution in [2.45, 2.75) is 52.5 Å². The van der Waals surface area contributed by atoms with Gasteiger partial charge in [-0.25, -0.2) is 4.79 Å². The van der Waals surface area contributed by atoms with Gasteiger partial charge in [0.05, 0.1) is 12.5 Å². The molecule has 0 bridgehead atoms. The average Bonchev–Trinajstić information content (AvgIpc) is 3.12. The van der Waals surface area contributed by atoms with E-state index in [0.29, 0.717) is 5.56 Å². The normalized spacial score (nSPS) is 14.5. The molecule has 0 spiro atoms. The van der Waals surface area contributed by atoms with Gasteiger partial charge in [0.1, 0.15) is 18.4 Å². The Morgan fingerprint density at radius 2 is 1.36 bits per heavy atom. The molecular weight excluding hydrogens is 667 g/mol. The molecule has 4 aromatic rings. The van der Waals surface area contributed by atoms with Crippen LogP contribution in [0.1, 0.15) is 50.2 Å². The van der Waals surface area contributed by atoms with Gasteiger partial charge >= 0.3 is 5.97 Å². The summed E-state index contributed by atoms with van der Waals surface area (Å²) in [4.78, 5) is 39.5. The molecule has 0 radical (unpaired) electrons. The van der Waals surface area contributed by atoms with E-state index in [9.17, 15) is 18.9 Å². The third kappa shape index (κ3) is 11.5. The van der Waals surface area contributed by atoms with E-state index < -0.39 is 42.4 Å². The van der Waals surface area contributed by atoms with Crippen LogP contribution in [0.3, 0.4) is 0 Å². The van der Waals surface area contributed by atoms with Crippen molar-refractivity contribution in [1.82, 2.24) is 5.32 Å². The highest BCUT2D eigenvalue weighted by Gasteiger charge is 2.39. The molecule has 0 fully saturated rings. The van der Waals surface area contributed by atoms with E-state index >= 15 is 0 Å². The molecule has 0 saturated carbocycles. The van der Waals surface area contributed by atoms with E-state index in [1.165, 1.54) is 0 Å². The van der Waals surface area contributed by atoms with Gasteiger partial charge in [-0.3, -0.25) is 14.2 Å². The molecule has 264 valence electrons. The van der Waals surface area contributed by atoms with Crippen molar-refractivity contribution in [3.8, 4) is 11.1 Å². The predicted octanol–water partition coefficient (Wildman–Crippen LogP) is 8.02. The van der Waals surface area contributed by atoms with E-state index in [0.717, 1.165) is 34.0 Å². The number of amides is 1. The third-order valence-electron chi connectivity index (χ3n) is 8.13. The quantitative estimate of drug-likeness (QED) is 0.0680. The van der Waals surface area contributed by atoms with Gasteiger partial charge in [-0.1, -0.05) is 148 Å². The first-order valence-corrected chi connectivity index (χ1v) is 19.6. The van der Waals surface area contributed by atoms with Gasteiger partial charge in [-0.2, -0.15) is 0 Å². The van der Waals surface area contributed by atoms with Gasteiger partial charge in [0.15, 0.2) is 5.12 Å². The van der Waals surface area contributed by atoms with Crippen molar-refractivity contribution >= 4 is 36.1 Å². The van der Waals surface area contributed by atoms with E-state index in [-0.39, 0.29) is 36.7 Å². The molecular formula is C40H47N2O6PS. The highest BCUT2D eigenvalue weighted by molar-refractivity contribution is 8.13. The molecule has 4 atom stereocenters. The largest absolute Gasteiger partial charge is 0.459 e. The summed E-state index contributed by atoms with van der Waals surface area (Å²) in [7, 11) is -3.78. The zero-order valence-electron chi connectivity index (χ0n) is 29.1. The maximum absolute atomic E-state index is 14.9. The van der Waals surface area contributed by atoms with Gasteiger partial charge in [0, 0.05) is 17.3 Å². The lowest BCUT2D eigenvalue weighted by Gasteiger charge is -2.29. The number of nitrogens with two attached hydrogens (primary N) is 1. The number of carbonyl (C=O) groups excluding carboxylic acids is 3. The van der Waals surface area contributed by atoms with Crippen molar-refractivity contribution in [3.05, 3.63) is 132 Å². The highest BCUT2D eigenvalue weighted by atomic mass is 32.2. The van der Waals surface area contributed by atoms with Crippen LogP contribution in [0.5, 0.6) is 0 Å². The number of esters is 1. The van der Waals surface area contributed by atoms with Gasteiger partial charge in [-0.05, 0) is 41.2 Å². The van der Waals surface area contributed by atoms with Crippen molar-refractivity contribution in [1.29, 1.82) is 0 Å². The van der Waals surface area contributed by atoms with E-state index in [2.05, 4.69) is 5.32 Å². The molecule has 3 N–H and O–H groups in total. The molecule has 4 aromatic carbocycles. The fraction of sp³-hybridized carbons (Fsp3) is 0.325. The Balaban J connectivity index is 1.57. The summed E-state index contributed by atoms with van der Waals surface area (Å²) in [6, 6.07) is 35.1. The lowest BCUT2D eigenvalue weighted by atomic mass is 9.97. The predicted molar refractivity (Wildman–Crippen MR) is 202 cm³/mol. The molecule has 1 amide bonds. The van der Waals surface area contributed by atoms with Gasteiger partial charge < -0.3 is 20.3 Å². The van der Waals surface area contributed by atoms with Crippen molar-refractivity contribution < 1.29 is 28.2 Å². The Kier molecular flexibility index (Phi) is 14.2. The minimum Gasteiger partial charge on any atom is -0.459 e. The second-order valence-electron chi connectivity index (χ2n) is 13.3. The van der Waals surface area contributed by atoms with Crippen LogP contribution in [0.4, 0.5) is 0 Å². The van der Waals surface area contributed by atoms with Crippen molar-refractivity contribution in [2.75, 3.05) is 18.5 Å². The van der Waals surface area contributed by atoms with Crippen LogP contribution in [-0.2, 0) is 41.2 Å². The highest BCUT2D eigenvalue weighted by Crippen LogP contribution is 2.58. The number of benzene rings is 4. The molecule has 0 saturated heterocycles. The van der Waals surface area contributed by atoms with Crippen molar-refractivity contribution in [2.24, 2.45) is 17.1 Å². The van der Waals surface area contributed by atoms with Crippen LogP contribution >= 0.6 is 19.1 Å². The fourth-order valence-corrected chi connectivity index (χ4v) is 8.54. The van der Waals surface area contributed by atoms with Crippen LogP contribution < -0.4 is 11.1 Å². The first-order chi connectivity index (χ1) is 23.9. The second kappa shape index (κ2) is 18.3. The first kappa shape index (κ1) is 38.8. The summed E-state index contributed by atoms with van der Waals surface area (Å²) in [6.45, 7) is 7.16. The molecule has 1 unspecified atom stereocenters. The average molecular weight is 715 g/mol. The molecule has 0 aromatic heterocycles. The Hall–Kier alpha value is -4.01. The van der Waals surface area contributed by atoms with Crippen molar-refractivity contribution in [3.63, 3.8) is 0 Å². The summed E-state index contributed by atoms with van der Waals surface area (Å²) in [5, 5.41) is 2.79. The summed E-state index contributed by atoms with van der Waals surface area (Å²) >= 11 is 1.12. The lowest BCUT2D eigenvalue weighted by molar-refractivity contribution is -0.148. The number of hydrogen-bond acceptors (Lipinski definition) is 8. The van der Waals surface area contributed by atoms with E-state index in [1.54, 1.807) is 31.2 Å². The summed E-state index contributed by atoms with van der Waals surface area (Å²) in [6.07, 6.45) is 0.0395. The molecule has 0 aliphatic heterocycles. The SMILES string of the molecule is C[C@H](NC(=O)[C@H](Cc1ccc(-c2ccccc2)cc1)CP(=O)(OCCSC(=O)C(C)(C)C)[C@@H](N)c1ccccc1)C(=O)OCc1ccccc1. The molecule has 50 heavy (non-hydrogen) atoms. The molecule has 0 aliphatic carbocycles. The molecule has 0 heterocycles. The standard InChI is InChI=1S/C40H47N2O6PS/c1-29(38(44)47-27-31-14-8-5-9-15-31)42-37(43)35(26-30-20-22-33(23-21-30)32-16-10-6-11-17-32)28-49(46,36(41)34-18-12-7-13-19-34)48-24-25-50-39(45)40(2,3)4/h5-23,29,35-36H,24-28,41H2,1-4H3,(H,42,43)/t29-,35+,36+,49?/m0/s1. The first-order valence-electron chi connectivity index (χ1n) is 16.7. The molecule has 4 rings (SSSR count). The van der Waals surface area contributed by atoms with Gasteiger partial charge in [0.2, 0.25) is 13.3 Å². The zero-order valence-corrected chi connectivity index (χ0v) is 30.8. The number of ether oxygens (including phenoxy) is 1. The van der Waals surface area contributed by atoms with E-state index in [1.807, 2.05) is 112 Å². The Bertz CT molecular complexity index is 1730. The summed E-state index contributed by atoms with van der Waals surface area (Å²) in [5.74, 6) is -2.66. The third-order valence-corrected chi connectivity index (χ3v) is 12.1. The Labute approximate surface area is 300 Å². The fourth-order valence-electron chi connectivity index (χ4n) is 5.21. The molecule has 0 aliphatic rings. The van der Waals surface area contributed by atoms with Crippen LogP contribution in [0.25, 0.3) is 11.1 Å². The van der Waals surface area contributed by atoms with Gasteiger partial charge in [0.25, 0.3) is 0 Å². The maximum atomic E-state index is 14.9. The number of thioether (sulfide) groups is 1. The minimum absolute atomic E-state index is 0.00657. The van der Waals surface area contributed by atoms with Gasteiger partial charge in [-0.15, -0.1) is 0 Å². The lowest BCUT2D eigenvalue weighted by Crippen LogP contribution is -2.44. The number of rotatable bonds is 16. The number of hydrogen-bond donors (Lipinski definition) is 2. The summed E-state index contributed by atoms with van der Waals surface area (Å²) < 4.78 is 26.5. The Morgan fingerprint density at radius 3 is 1.96 bits per heavy atom. The van der Waals surface area contributed by atoms with Crippen LogP contribution in [0, 0.1) is 11.3 Å². The Morgan fingerprint density at radius 1 is 0.800 bits per heavy atom. The summed E-state index contributed by atoms with van der Waals surface area (Å²) in [5.41, 5.74) is 10.5. The van der Waals surface area contributed by atoms with Crippen LogP contribution in [-0.4, -0.2) is 41.6 Å². The zero-order chi connectivity index (χ0) is 36.1. The molecule has 8 nitrogen and oxygen atoms in total. The van der Waals surface area contributed by atoms with Crippen LogP contribution in [0.2, 0.25) is 0 Å².